The number of hydrogen-bond donors (Lipinski definition) is 0. The van der Waals surface area contributed by atoms with E-state index in [1.54, 1.807) is 37.6 Å². The summed E-state index contributed by atoms with van der Waals surface area (Å²) in [6.07, 6.45) is 1.71. The van der Waals surface area contributed by atoms with E-state index in [1.807, 2.05) is 43.3 Å². The van der Waals surface area contributed by atoms with Gasteiger partial charge in [0.15, 0.2) is 5.58 Å². The zero-order valence-electron chi connectivity index (χ0n) is 16.9. The highest BCUT2D eigenvalue weighted by Crippen LogP contribution is 2.33. The molecule has 150 valence electrons. The van der Waals surface area contributed by atoms with Gasteiger partial charge in [-0.15, -0.1) is 0 Å². The minimum atomic E-state index is -0.374. The Hall–Kier alpha value is -3.93. The number of aromatic nitrogens is 1. The van der Waals surface area contributed by atoms with Crippen LogP contribution in [0.2, 0.25) is 0 Å². The Morgan fingerprint density at radius 2 is 1.83 bits per heavy atom. The molecule has 0 saturated carbocycles. The Bertz CT molecular complexity index is 1240. The first-order valence-corrected chi connectivity index (χ1v) is 9.35. The van der Waals surface area contributed by atoms with Gasteiger partial charge in [-0.05, 0) is 60.5 Å². The molecule has 6 heteroatoms. The van der Waals surface area contributed by atoms with E-state index in [2.05, 4.69) is 9.98 Å². The number of carbonyl (C=O) groups excluding carboxylic acids is 1. The summed E-state index contributed by atoms with van der Waals surface area (Å²) in [6.45, 7) is 2.02. The summed E-state index contributed by atoms with van der Waals surface area (Å²) in [7, 11) is 2.95. The highest BCUT2D eigenvalue weighted by molar-refractivity contribution is 5.91. The van der Waals surface area contributed by atoms with E-state index in [4.69, 9.17) is 13.9 Å². The lowest BCUT2D eigenvalue weighted by Gasteiger charge is -2.06. The standard InChI is InChI=1S/C24H20N2O4/c1-15-4-10-22-20(12-15)26-23(30-22)18-9-11-21(28-2)19(13-18)25-14-16-5-7-17(8-6-16)24(27)29-3/h4-14H,1-3H3. The average Bonchev–Trinajstić information content (AvgIpc) is 3.20. The van der Waals surface area contributed by atoms with Gasteiger partial charge >= 0.3 is 5.97 Å². The second-order valence-corrected chi connectivity index (χ2v) is 6.75. The van der Waals surface area contributed by atoms with Crippen molar-refractivity contribution < 1.29 is 18.7 Å². The van der Waals surface area contributed by atoms with Crippen LogP contribution in [-0.2, 0) is 4.74 Å². The van der Waals surface area contributed by atoms with Crippen LogP contribution < -0.4 is 4.74 Å². The molecule has 1 heterocycles. The number of oxazole rings is 1. The van der Waals surface area contributed by atoms with Crippen LogP contribution >= 0.6 is 0 Å². The average molecular weight is 400 g/mol. The van der Waals surface area contributed by atoms with E-state index in [0.29, 0.717) is 22.9 Å². The summed E-state index contributed by atoms with van der Waals surface area (Å²) in [6, 6.07) is 18.5. The summed E-state index contributed by atoms with van der Waals surface area (Å²) < 4.78 is 16.1. The maximum absolute atomic E-state index is 11.6. The van der Waals surface area contributed by atoms with Gasteiger partial charge in [0.05, 0.1) is 19.8 Å². The van der Waals surface area contributed by atoms with Crippen molar-refractivity contribution in [3.8, 4) is 17.2 Å². The summed E-state index contributed by atoms with van der Waals surface area (Å²) in [4.78, 5) is 20.7. The molecular formula is C24H20N2O4. The van der Waals surface area contributed by atoms with E-state index in [0.717, 1.165) is 27.8 Å². The normalized spacial score (nSPS) is 11.2. The zero-order valence-corrected chi connectivity index (χ0v) is 16.9. The van der Waals surface area contributed by atoms with Gasteiger partial charge in [0.1, 0.15) is 17.0 Å². The van der Waals surface area contributed by atoms with Gasteiger partial charge in [0, 0.05) is 11.8 Å². The summed E-state index contributed by atoms with van der Waals surface area (Å²) >= 11 is 0. The van der Waals surface area contributed by atoms with Crippen molar-refractivity contribution in [2.24, 2.45) is 4.99 Å². The van der Waals surface area contributed by atoms with Crippen LogP contribution in [0.4, 0.5) is 5.69 Å². The smallest absolute Gasteiger partial charge is 0.337 e. The van der Waals surface area contributed by atoms with Crippen LogP contribution in [0.15, 0.2) is 70.1 Å². The van der Waals surface area contributed by atoms with Crippen LogP contribution in [0.1, 0.15) is 21.5 Å². The lowest BCUT2D eigenvalue weighted by Crippen LogP contribution is -2.00. The van der Waals surface area contributed by atoms with E-state index < -0.39 is 0 Å². The van der Waals surface area contributed by atoms with Crippen LogP contribution in [0, 0.1) is 6.92 Å². The molecule has 0 spiro atoms. The highest BCUT2D eigenvalue weighted by Gasteiger charge is 2.11. The summed E-state index contributed by atoms with van der Waals surface area (Å²) in [5, 5.41) is 0. The maximum Gasteiger partial charge on any atom is 0.337 e. The first-order chi connectivity index (χ1) is 14.6. The molecule has 4 rings (SSSR count). The van der Waals surface area contributed by atoms with Crippen molar-refractivity contribution in [2.75, 3.05) is 14.2 Å². The maximum atomic E-state index is 11.6. The first-order valence-electron chi connectivity index (χ1n) is 9.35. The van der Waals surface area contributed by atoms with Gasteiger partial charge in [-0.3, -0.25) is 4.99 Å². The van der Waals surface area contributed by atoms with Crippen LogP contribution in [0.3, 0.4) is 0 Å². The van der Waals surface area contributed by atoms with Gasteiger partial charge in [-0.2, -0.15) is 0 Å². The fraction of sp³-hybridized carbons (Fsp3) is 0.125. The predicted molar refractivity (Wildman–Crippen MR) is 116 cm³/mol. The number of aryl methyl sites for hydroxylation is 1. The number of carbonyl (C=O) groups is 1. The number of rotatable bonds is 5. The number of esters is 1. The minimum absolute atomic E-state index is 0.374. The third-order valence-electron chi connectivity index (χ3n) is 4.65. The van der Waals surface area contributed by atoms with Crippen molar-refractivity contribution in [3.05, 3.63) is 77.4 Å². The number of hydrogen-bond acceptors (Lipinski definition) is 6. The molecule has 0 aliphatic heterocycles. The quantitative estimate of drug-likeness (QED) is 0.333. The molecule has 4 aromatic rings. The molecule has 0 saturated heterocycles. The van der Waals surface area contributed by atoms with Crippen molar-refractivity contribution in [2.45, 2.75) is 6.92 Å². The molecule has 6 nitrogen and oxygen atoms in total. The molecule has 30 heavy (non-hydrogen) atoms. The van der Waals surface area contributed by atoms with Crippen LogP contribution in [-0.4, -0.2) is 31.4 Å². The van der Waals surface area contributed by atoms with Gasteiger partial charge in [-0.1, -0.05) is 18.2 Å². The predicted octanol–water partition coefficient (Wildman–Crippen LogP) is 5.35. The second kappa shape index (κ2) is 8.21. The number of methoxy groups -OCH3 is 2. The van der Waals surface area contributed by atoms with Crippen LogP contribution in [0.25, 0.3) is 22.6 Å². The van der Waals surface area contributed by atoms with E-state index >= 15 is 0 Å². The van der Waals surface area contributed by atoms with Crippen LogP contribution in [0.5, 0.6) is 5.75 Å². The van der Waals surface area contributed by atoms with Gasteiger partial charge < -0.3 is 13.9 Å². The highest BCUT2D eigenvalue weighted by atomic mass is 16.5. The van der Waals surface area contributed by atoms with Gasteiger partial charge in [0.25, 0.3) is 0 Å². The Morgan fingerprint density at radius 1 is 1.03 bits per heavy atom. The number of fused-ring (bicyclic) bond motifs is 1. The second-order valence-electron chi connectivity index (χ2n) is 6.75. The first kappa shape index (κ1) is 19.4. The molecular weight excluding hydrogens is 380 g/mol. The Balaban J connectivity index is 1.65. The number of benzene rings is 3. The molecule has 0 bridgehead atoms. The fourth-order valence-electron chi connectivity index (χ4n) is 3.05. The summed E-state index contributed by atoms with van der Waals surface area (Å²) in [5.74, 6) is 0.784. The SMILES string of the molecule is COC(=O)c1ccc(C=Nc2cc(-c3nc4cc(C)ccc4o3)ccc2OC)cc1. The molecule has 3 aromatic carbocycles. The monoisotopic (exact) mass is 400 g/mol. The van der Waals surface area contributed by atoms with E-state index in [9.17, 15) is 4.79 Å². The summed E-state index contributed by atoms with van der Waals surface area (Å²) in [5.41, 5.74) is 5.45. The number of ether oxygens (including phenoxy) is 2. The fourth-order valence-corrected chi connectivity index (χ4v) is 3.05. The Labute approximate surface area is 173 Å². The van der Waals surface area contributed by atoms with Crippen molar-refractivity contribution in [1.29, 1.82) is 0 Å². The third-order valence-corrected chi connectivity index (χ3v) is 4.65. The third kappa shape index (κ3) is 3.93. The van der Waals surface area contributed by atoms with E-state index in [-0.39, 0.29) is 5.97 Å². The lowest BCUT2D eigenvalue weighted by molar-refractivity contribution is 0.0600. The molecule has 0 radical (unpaired) electrons. The molecule has 0 aliphatic rings. The van der Waals surface area contributed by atoms with Gasteiger partial charge in [-0.25, -0.2) is 9.78 Å². The molecule has 0 unspecified atom stereocenters. The largest absolute Gasteiger partial charge is 0.494 e. The molecule has 0 aliphatic carbocycles. The zero-order chi connectivity index (χ0) is 21.1. The molecule has 0 N–H and O–H groups in total. The van der Waals surface area contributed by atoms with Crippen molar-refractivity contribution in [1.82, 2.24) is 4.98 Å². The van der Waals surface area contributed by atoms with Gasteiger partial charge in [0.2, 0.25) is 5.89 Å². The lowest BCUT2D eigenvalue weighted by atomic mass is 10.1. The van der Waals surface area contributed by atoms with Crippen molar-refractivity contribution in [3.63, 3.8) is 0 Å². The van der Waals surface area contributed by atoms with E-state index in [1.165, 1.54) is 7.11 Å². The molecule has 0 amide bonds. The number of aliphatic imine (C=N–C) groups is 1. The molecule has 0 fully saturated rings. The molecule has 0 atom stereocenters. The van der Waals surface area contributed by atoms with Crippen molar-refractivity contribution >= 4 is 29.0 Å². The molecule has 1 aromatic heterocycles. The topological polar surface area (TPSA) is 73.9 Å². The number of nitrogens with zero attached hydrogens (tertiary/aromatic N) is 2. The Kier molecular flexibility index (Phi) is 5.30. The Morgan fingerprint density at radius 3 is 2.57 bits per heavy atom. The minimum Gasteiger partial charge on any atom is -0.494 e.